The molecule has 70 valence electrons. The molecular formula is C10H19NO. The molecule has 0 saturated heterocycles. The van der Waals surface area contributed by atoms with Gasteiger partial charge in [-0.25, -0.2) is 0 Å². The Bertz CT molecular complexity index is 163. The Morgan fingerprint density at radius 1 is 1.50 bits per heavy atom. The van der Waals surface area contributed by atoms with E-state index in [1.165, 1.54) is 0 Å². The fraction of sp³-hybridized carbons (Fsp3) is 0.700. The van der Waals surface area contributed by atoms with Crippen molar-refractivity contribution in [2.45, 2.75) is 26.7 Å². The molecule has 12 heavy (non-hydrogen) atoms. The molecule has 0 atom stereocenters. The van der Waals surface area contributed by atoms with E-state index in [4.69, 9.17) is 0 Å². The van der Waals surface area contributed by atoms with Crippen LogP contribution in [0.5, 0.6) is 0 Å². The van der Waals surface area contributed by atoms with E-state index in [1.54, 1.807) is 6.92 Å². The molecule has 0 bridgehead atoms. The summed E-state index contributed by atoms with van der Waals surface area (Å²) < 4.78 is 0. The molecule has 0 amide bonds. The van der Waals surface area contributed by atoms with Gasteiger partial charge in [-0.2, -0.15) is 0 Å². The van der Waals surface area contributed by atoms with Crippen LogP contribution in [0.3, 0.4) is 0 Å². The van der Waals surface area contributed by atoms with Crippen LogP contribution >= 0.6 is 0 Å². The largest absolute Gasteiger partial charge is 0.307 e. The lowest BCUT2D eigenvalue weighted by Crippen LogP contribution is -2.19. The predicted molar refractivity (Wildman–Crippen MR) is 52.2 cm³/mol. The zero-order valence-electron chi connectivity index (χ0n) is 8.39. The first-order valence-corrected chi connectivity index (χ1v) is 4.45. The molecular weight excluding hydrogens is 150 g/mol. The zero-order valence-corrected chi connectivity index (χ0v) is 8.39. The molecule has 0 aromatic rings. The normalized spacial score (nSPS) is 10.3. The van der Waals surface area contributed by atoms with Gasteiger partial charge in [0.15, 0.2) is 5.78 Å². The van der Waals surface area contributed by atoms with Crippen molar-refractivity contribution >= 4 is 5.78 Å². The summed E-state index contributed by atoms with van der Waals surface area (Å²) >= 11 is 0. The number of nitrogens with zero attached hydrogens (tertiary/aromatic N) is 1. The molecule has 0 spiro atoms. The van der Waals surface area contributed by atoms with Crippen LogP contribution in [-0.4, -0.2) is 30.8 Å². The van der Waals surface area contributed by atoms with E-state index >= 15 is 0 Å². The van der Waals surface area contributed by atoms with Crippen molar-refractivity contribution in [2.24, 2.45) is 0 Å². The minimum atomic E-state index is 0.194. The molecule has 0 saturated carbocycles. The van der Waals surface area contributed by atoms with Crippen molar-refractivity contribution in [3.63, 3.8) is 0 Å². The second-order valence-electron chi connectivity index (χ2n) is 3.20. The fourth-order valence-electron chi connectivity index (χ4n) is 0.881. The molecule has 0 radical (unpaired) electrons. The van der Waals surface area contributed by atoms with E-state index in [0.29, 0.717) is 12.0 Å². The lowest BCUT2D eigenvalue weighted by Gasteiger charge is -2.12. The molecule has 0 rings (SSSR count). The van der Waals surface area contributed by atoms with Gasteiger partial charge in [0.1, 0.15) is 0 Å². The Hall–Kier alpha value is -0.630. The number of carbonyl (C=O) groups is 1. The van der Waals surface area contributed by atoms with Crippen LogP contribution < -0.4 is 0 Å². The van der Waals surface area contributed by atoms with E-state index in [2.05, 4.69) is 25.5 Å². The summed E-state index contributed by atoms with van der Waals surface area (Å²) in [5.41, 5.74) is 0.675. The highest BCUT2D eigenvalue weighted by molar-refractivity contribution is 5.93. The van der Waals surface area contributed by atoms with Crippen LogP contribution in [0.4, 0.5) is 0 Å². The van der Waals surface area contributed by atoms with Crippen LogP contribution in [0.25, 0.3) is 0 Å². The van der Waals surface area contributed by atoms with Gasteiger partial charge in [-0.3, -0.25) is 4.79 Å². The second kappa shape index (κ2) is 5.95. The monoisotopic (exact) mass is 169 g/mol. The Balaban J connectivity index is 3.44. The lowest BCUT2D eigenvalue weighted by molar-refractivity contribution is -0.115. The minimum absolute atomic E-state index is 0.194. The van der Waals surface area contributed by atoms with Crippen LogP contribution in [0, 0.1) is 0 Å². The molecule has 2 heteroatoms. The minimum Gasteiger partial charge on any atom is -0.307 e. The molecule has 0 unspecified atom stereocenters. The first-order valence-electron chi connectivity index (χ1n) is 4.45. The first kappa shape index (κ1) is 11.4. The second-order valence-corrected chi connectivity index (χ2v) is 3.20. The van der Waals surface area contributed by atoms with Crippen LogP contribution in [-0.2, 0) is 4.79 Å². The van der Waals surface area contributed by atoms with Gasteiger partial charge in [-0.1, -0.05) is 13.5 Å². The molecule has 2 nitrogen and oxygen atoms in total. The predicted octanol–water partition coefficient (Wildman–Crippen LogP) is 1.86. The van der Waals surface area contributed by atoms with Gasteiger partial charge < -0.3 is 4.90 Å². The van der Waals surface area contributed by atoms with E-state index in [1.807, 2.05) is 0 Å². The summed E-state index contributed by atoms with van der Waals surface area (Å²) in [4.78, 5) is 13.3. The topological polar surface area (TPSA) is 20.3 Å². The zero-order chi connectivity index (χ0) is 9.56. The highest BCUT2D eigenvalue weighted by Gasteiger charge is 2.02. The number of rotatable bonds is 6. The maximum Gasteiger partial charge on any atom is 0.158 e. The van der Waals surface area contributed by atoms with Crippen LogP contribution in [0.15, 0.2) is 12.2 Å². The SMILES string of the molecule is C=C(C)C(=O)CCCN(C)CC. The molecule has 0 N–H and O–H groups in total. The van der Waals surface area contributed by atoms with Gasteiger partial charge in [-0.05, 0) is 39.1 Å². The third-order valence-electron chi connectivity index (χ3n) is 1.96. The van der Waals surface area contributed by atoms with Crippen LogP contribution in [0.2, 0.25) is 0 Å². The average molecular weight is 169 g/mol. The van der Waals surface area contributed by atoms with E-state index < -0.39 is 0 Å². The van der Waals surface area contributed by atoms with Gasteiger partial charge in [0, 0.05) is 6.42 Å². The third kappa shape index (κ3) is 5.08. The van der Waals surface area contributed by atoms with Gasteiger partial charge in [0.05, 0.1) is 0 Å². The lowest BCUT2D eigenvalue weighted by atomic mass is 10.1. The smallest absolute Gasteiger partial charge is 0.158 e. The van der Waals surface area contributed by atoms with Crippen molar-refractivity contribution in [1.82, 2.24) is 4.90 Å². The molecule has 0 aliphatic heterocycles. The van der Waals surface area contributed by atoms with Gasteiger partial charge in [0.2, 0.25) is 0 Å². The first-order chi connectivity index (χ1) is 5.57. The van der Waals surface area contributed by atoms with Crippen LogP contribution in [0.1, 0.15) is 26.7 Å². The van der Waals surface area contributed by atoms with Gasteiger partial charge in [0.25, 0.3) is 0 Å². The Morgan fingerprint density at radius 2 is 2.08 bits per heavy atom. The quantitative estimate of drug-likeness (QED) is 0.566. The number of carbonyl (C=O) groups excluding carboxylic acids is 1. The Kier molecular flexibility index (Phi) is 5.64. The third-order valence-corrected chi connectivity index (χ3v) is 1.96. The fourth-order valence-corrected chi connectivity index (χ4v) is 0.881. The van der Waals surface area contributed by atoms with Gasteiger partial charge in [-0.15, -0.1) is 0 Å². The van der Waals surface area contributed by atoms with Gasteiger partial charge >= 0.3 is 0 Å². The van der Waals surface area contributed by atoms with Crippen molar-refractivity contribution in [1.29, 1.82) is 0 Å². The number of allylic oxidation sites excluding steroid dienone is 1. The Labute approximate surface area is 75.3 Å². The summed E-state index contributed by atoms with van der Waals surface area (Å²) in [5.74, 6) is 0.194. The van der Waals surface area contributed by atoms with Crippen molar-refractivity contribution in [3.8, 4) is 0 Å². The summed E-state index contributed by atoms with van der Waals surface area (Å²) in [6.45, 7) is 9.53. The summed E-state index contributed by atoms with van der Waals surface area (Å²) in [6, 6.07) is 0. The average Bonchev–Trinajstić information content (AvgIpc) is 2.03. The van der Waals surface area contributed by atoms with E-state index in [0.717, 1.165) is 19.5 Å². The Morgan fingerprint density at radius 3 is 2.50 bits per heavy atom. The molecule has 0 aliphatic carbocycles. The maximum atomic E-state index is 11.1. The molecule has 0 aromatic heterocycles. The number of ketones is 1. The summed E-state index contributed by atoms with van der Waals surface area (Å²) in [5, 5.41) is 0. The van der Waals surface area contributed by atoms with Crippen molar-refractivity contribution in [2.75, 3.05) is 20.1 Å². The molecule has 0 aliphatic rings. The standard InChI is InChI=1S/C10H19NO/c1-5-11(4)8-6-7-10(12)9(2)3/h2,5-8H2,1,3-4H3. The highest BCUT2D eigenvalue weighted by Crippen LogP contribution is 1.99. The molecule has 0 aromatic carbocycles. The molecule has 0 fully saturated rings. The van der Waals surface area contributed by atoms with Crippen molar-refractivity contribution < 1.29 is 4.79 Å². The summed E-state index contributed by atoms with van der Waals surface area (Å²) in [7, 11) is 2.06. The molecule has 0 heterocycles. The van der Waals surface area contributed by atoms with E-state index in [9.17, 15) is 4.79 Å². The number of Topliss-reactive ketones (excluding diaryl/α,β-unsaturated/α-hetero) is 1. The van der Waals surface area contributed by atoms with E-state index in [-0.39, 0.29) is 5.78 Å². The number of hydrogen-bond acceptors (Lipinski definition) is 2. The van der Waals surface area contributed by atoms with Crippen molar-refractivity contribution in [3.05, 3.63) is 12.2 Å². The number of hydrogen-bond donors (Lipinski definition) is 0. The highest BCUT2D eigenvalue weighted by atomic mass is 16.1. The summed E-state index contributed by atoms with van der Waals surface area (Å²) in [6.07, 6.45) is 1.58. The maximum absolute atomic E-state index is 11.1.